The largest absolute Gasteiger partial charge is 0.352 e. The molecule has 1 amide bonds. The Labute approximate surface area is 134 Å². The molecule has 18 heavy (non-hydrogen) atoms. The third kappa shape index (κ3) is 1.42. The lowest BCUT2D eigenvalue weighted by atomic mass is 9.43. The van der Waals surface area contributed by atoms with Crippen molar-refractivity contribution >= 4 is 53.7 Å². The molecule has 0 heterocycles. The number of nitrogens with one attached hydrogen (secondary N) is 1. The van der Waals surface area contributed by atoms with Crippen molar-refractivity contribution in [3.63, 3.8) is 0 Å². The highest BCUT2D eigenvalue weighted by molar-refractivity contribution is 9.24. The van der Waals surface area contributed by atoms with Gasteiger partial charge in [0.2, 0.25) is 5.91 Å². The molecule has 0 unspecified atom stereocenters. The fourth-order valence-corrected chi connectivity index (χ4v) is 8.94. The minimum Gasteiger partial charge on any atom is -0.352 e. The smallest absolute Gasteiger partial charge is 0.228 e. The molecule has 3 aliphatic rings. The number of alkyl halides is 3. The van der Waals surface area contributed by atoms with Crippen LogP contribution in [0.2, 0.25) is 0 Å². The highest BCUT2D eigenvalue weighted by Gasteiger charge is 2.83. The molecule has 102 valence electrons. The van der Waals surface area contributed by atoms with Crippen molar-refractivity contribution in [2.75, 3.05) is 6.54 Å². The molecule has 0 aromatic heterocycles. The van der Waals surface area contributed by atoms with Gasteiger partial charge >= 0.3 is 0 Å². The van der Waals surface area contributed by atoms with Gasteiger partial charge < -0.3 is 5.32 Å². The summed E-state index contributed by atoms with van der Waals surface area (Å²) in [5.74, 6) is 0.156. The summed E-state index contributed by atoms with van der Waals surface area (Å²) in [5, 5.41) is 2.98. The third-order valence-electron chi connectivity index (χ3n) is 5.30. The molecule has 3 aliphatic carbocycles. The Balaban J connectivity index is 2.33. The first-order valence-electron chi connectivity index (χ1n) is 6.10. The van der Waals surface area contributed by atoms with Crippen molar-refractivity contribution in [2.45, 2.75) is 35.3 Å². The van der Waals surface area contributed by atoms with Gasteiger partial charge in [-0.25, -0.2) is 0 Å². The van der Waals surface area contributed by atoms with E-state index in [-0.39, 0.29) is 30.7 Å². The average molecular weight is 444 g/mol. The molecular formula is C13H18Br3NO. The van der Waals surface area contributed by atoms with Crippen LogP contribution in [-0.2, 0) is 4.79 Å². The molecule has 3 atom stereocenters. The molecule has 5 heteroatoms. The van der Waals surface area contributed by atoms with Crippen LogP contribution in [0, 0.1) is 16.2 Å². The Morgan fingerprint density at radius 2 is 2.11 bits per heavy atom. The van der Waals surface area contributed by atoms with Gasteiger partial charge in [0.25, 0.3) is 0 Å². The van der Waals surface area contributed by atoms with Crippen LogP contribution >= 0.6 is 47.8 Å². The maximum absolute atomic E-state index is 12.5. The summed E-state index contributed by atoms with van der Waals surface area (Å²) in [4.78, 5) is 12.7. The first-order valence-corrected chi connectivity index (χ1v) is 8.85. The lowest BCUT2D eigenvalue weighted by Gasteiger charge is -2.66. The molecule has 3 fully saturated rings. The van der Waals surface area contributed by atoms with E-state index in [1.165, 1.54) is 0 Å². The van der Waals surface area contributed by atoms with Crippen LogP contribution < -0.4 is 5.32 Å². The third-order valence-corrected chi connectivity index (χ3v) is 8.53. The SMILES string of the molecule is C=CCNC(=O)[C@]12CC[C@](C(Br)Br)([C@H]1Br)C2(C)C. The summed E-state index contributed by atoms with van der Waals surface area (Å²) >= 11 is 11.1. The van der Waals surface area contributed by atoms with Crippen LogP contribution in [0.4, 0.5) is 0 Å². The highest BCUT2D eigenvalue weighted by atomic mass is 79.9. The minimum absolute atomic E-state index is 0.0307. The summed E-state index contributed by atoms with van der Waals surface area (Å²) in [6.45, 7) is 8.61. The maximum Gasteiger partial charge on any atom is 0.228 e. The Hall–Kier alpha value is 0.650. The van der Waals surface area contributed by atoms with Gasteiger partial charge in [-0.15, -0.1) is 6.58 Å². The van der Waals surface area contributed by atoms with Crippen LogP contribution in [0.1, 0.15) is 26.7 Å². The quantitative estimate of drug-likeness (QED) is 0.517. The molecule has 0 aliphatic heterocycles. The highest BCUT2D eigenvalue weighted by Crippen LogP contribution is 2.82. The summed E-state index contributed by atoms with van der Waals surface area (Å²) in [7, 11) is 0. The molecular weight excluding hydrogens is 426 g/mol. The maximum atomic E-state index is 12.5. The number of fused-ring (bicyclic) bond motifs is 1. The summed E-state index contributed by atoms with van der Waals surface area (Å²) < 4.78 is 0.222. The Morgan fingerprint density at radius 1 is 1.50 bits per heavy atom. The second-order valence-corrected chi connectivity index (χ2v) is 9.77. The molecule has 0 aromatic rings. The van der Waals surface area contributed by atoms with Gasteiger partial charge in [0.15, 0.2) is 0 Å². The second kappa shape index (κ2) is 4.59. The van der Waals surface area contributed by atoms with Gasteiger partial charge in [0.05, 0.1) is 9.15 Å². The number of carbonyl (C=O) groups excluding carboxylic acids is 1. The number of amides is 1. The normalized spacial score (nSPS) is 40.4. The monoisotopic (exact) mass is 441 g/mol. The van der Waals surface area contributed by atoms with Crippen molar-refractivity contribution in [3.8, 4) is 0 Å². The second-order valence-electron chi connectivity index (χ2n) is 5.80. The van der Waals surface area contributed by atoms with E-state index < -0.39 is 0 Å². The zero-order valence-electron chi connectivity index (χ0n) is 10.6. The number of halogens is 3. The molecule has 0 saturated heterocycles. The zero-order chi connectivity index (χ0) is 13.8. The van der Waals surface area contributed by atoms with E-state index in [0.29, 0.717) is 6.54 Å². The Kier molecular flexibility index (Phi) is 3.84. The van der Waals surface area contributed by atoms with Gasteiger partial charge in [-0.3, -0.25) is 4.79 Å². The molecule has 1 N–H and O–H groups in total. The van der Waals surface area contributed by atoms with Gasteiger partial charge in [-0.1, -0.05) is 67.7 Å². The van der Waals surface area contributed by atoms with Crippen LogP contribution in [0.5, 0.6) is 0 Å². The van der Waals surface area contributed by atoms with Crippen molar-refractivity contribution < 1.29 is 4.79 Å². The summed E-state index contributed by atoms with van der Waals surface area (Å²) in [5.41, 5.74) is -0.231. The topological polar surface area (TPSA) is 29.1 Å². The van der Waals surface area contributed by atoms with E-state index in [1.54, 1.807) is 6.08 Å². The van der Waals surface area contributed by atoms with Crippen molar-refractivity contribution in [1.29, 1.82) is 0 Å². The minimum atomic E-state index is -0.296. The lowest BCUT2D eigenvalue weighted by molar-refractivity contribution is -0.161. The van der Waals surface area contributed by atoms with Crippen LogP contribution in [0.15, 0.2) is 12.7 Å². The van der Waals surface area contributed by atoms with E-state index in [4.69, 9.17) is 0 Å². The predicted molar refractivity (Wildman–Crippen MR) is 85.4 cm³/mol. The number of hydrogen-bond donors (Lipinski definition) is 1. The molecule has 0 aromatic carbocycles. The van der Waals surface area contributed by atoms with Gasteiger partial charge in [0, 0.05) is 16.8 Å². The van der Waals surface area contributed by atoms with E-state index in [9.17, 15) is 4.79 Å². The van der Waals surface area contributed by atoms with Crippen LogP contribution in [-0.4, -0.2) is 21.0 Å². The number of hydrogen-bond acceptors (Lipinski definition) is 1. The van der Waals surface area contributed by atoms with Gasteiger partial charge in [-0.05, 0) is 18.3 Å². The van der Waals surface area contributed by atoms with Crippen LogP contribution in [0.3, 0.4) is 0 Å². The van der Waals surface area contributed by atoms with E-state index in [0.717, 1.165) is 12.8 Å². The van der Waals surface area contributed by atoms with Crippen molar-refractivity contribution in [3.05, 3.63) is 12.7 Å². The molecule has 2 bridgehead atoms. The van der Waals surface area contributed by atoms with Crippen molar-refractivity contribution in [2.24, 2.45) is 16.2 Å². The summed E-state index contributed by atoms with van der Waals surface area (Å²) in [6.07, 6.45) is 3.72. The first-order chi connectivity index (χ1) is 8.29. The van der Waals surface area contributed by atoms with Crippen molar-refractivity contribution in [1.82, 2.24) is 5.32 Å². The lowest BCUT2D eigenvalue weighted by Crippen LogP contribution is -2.72. The summed E-state index contributed by atoms with van der Waals surface area (Å²) in [6, 6.07) is 0. The number of carbonyl (C=O) groups is 1. The fraction of sp³-hybridized carbons (Fsp3) is 0.769. The molecule has 3 saturated carbocycles. The van der Waals surface area contributed by atoms with E-state index in [2.05, 4.69) is 73.5 Å². The molecule has 0 radical (unpaired) electrons. The van der Waals surface area contributed by atoms with Crippen LogP contribution in [0.25, 0.3) is 0 Å². The van der Waals surface area contributed by atoms with E-state index >= 15 is 0 Å². The first kappa shape index (κ1) is 15.0. The average Bonchev–Trinajstić information content (AvgIpc) is 2.75. The van der Waals surface area contributed by atoms with Gasteiger partial charge in [-0.2, -0.15) is 0 Å². The molecule has 0 spiro atoms. The fourth-order valence-electron chi connectivity index (χ4n) is 4.02. The van der Waals surface area contributed by atoms with Gasteiger partial charge in [0.1, 0.15) is 0 Å². The molecule has 3 rings (SSSR count). The Bertz CT molecular complexity index is 396. The number of rotatable bonds is 4. The zero-order valence-corrected chi connectivity index (χ0v) is 15.4. The standard InChI is InChI=1S/C13H18Br3NO/c1-4-7-17-10(18)13-6-5-12(8(13)14,9(15)16)11(13,2)3/h4,8-9H,1,5-7H2,2-3H3,(H,17,18)/t8-,12-,13+/m1/s1. The predicted octanol–water partition coefficient (Wildman–Crippen LogP) is 3.97. The van der Waals surface area contributed by atoms with E-state index in [1.807, 2.05) is 0 Å². The molecule has 2 nitrogen and oxygen atoms in total. The Morgan fingerprint density at radius 3 is 2.50 bits per heavy atom.